The van der Waals surface area contributed by atoms with Crippen molar-refractivity contribution in [3.63, 3.8) is 0 Å². The Morgan fingerprint density at radius 1 is 1.41 bits per heavy atom. The number of hydrogen-bond acceptors (Lipinski definition) is 3. The molecule has 5 heteroatoms. The van der Waals surface area contributed by atoms with Crippen molar-refractivity contribution >= 4 is 21.7 Å². The Balaban J connectivity index is 2.34. The molecule has 2 rings (SSSR count). The van der Waals surface area contributed by atoms with E-state index in [1.165, 1.54) is 0 Å². The summed E-state index contributed by atoms with van der Waals surface area (Å²) in [5.41, 5.74) is 3.28. The van der Waals surface area contributed by atoms with Gasteiger partial charge in [0.05, 0.1) is 22.4 Å². The van der Waals surface area contributed by atoms with E-state index in [4.69, 9.17) is 0 Å². The molecule has 0 unspecified atom stereocenters. The van der Waals surface area contributed by atoms with Crippen LogP contribution in [0.1, 0.15) is 17.0 Å². The Hall–Kier alpha value is -1.36. The predicted molar refractivity (Wildman–Crippen MR) is 72.3 cm³/mol. The molecule has 0 aliphatic heterocycles. The maximum Gasteiger partial charge on any atom is 0.130 e. The van der Waals surface area contributed by atoms with Crippen LogP contribution in [0, 0.1) is 13.8 Å². The van der Waals surface area contributed by atoms with Crippen LogP contribution in [0.2, 0.25) is 0 Å². The topological polar surface area (TPSA) is 42.7 Å². The van der Waals surface area contributed by atoms with E-state index >= 15 is 0 Å². The van der Waals surface area contributed by atoms with Gasteiger partial charge in [0.25, 0.3) is 0 Å². The molecule has 1 N–H and O–H groups in total. The molecule has 2 aromatic heterocycles. The fourth-order valence-electron chi connectivity index (χ4n) is 1.78. The number of hydrogen-bond donors (Lipinski definition) is 1. The van der Waals surface area contributed by atoms with Gasteiger partial charge in [-0.15, -0.1) is 0 Å². The first kappa shape index (κ1) is 12.1. The van der Waals surface area contributed by atoms with E-state index in [1.807, 2.05) is 24.7 Å². The molecular weight excluding hydrogens is 280 g/mol. The molecule has 2 aromatic rings. The second kappa shape index (κ2) is 4.87. The molecule has 0 atom stereocenters. The first-order chi connectivity index (χ1) is 8.13. The lowest BCUT2D eigenvalue weighted by Crippen LogP contribution is -2.07. The van der Waals surface area contributed by atoms with Crippen molar-refractivity contribution in [2.75, 3.05) is 12.4 Å². The normalized spacial score (nSPS) is 10.6. The van der Waals surface area contributed by atoms with Crippen LogP contribution in [0.5, 0.6) is 0 Å². The average Bonchev–Trinajstić information content (AvgIpc) is 2.58. The second-order valence-corrected chi connectivity index (χ2v) is 4.70. The summed E-state index contributed by atoms with van der Waals surface area (Å²) in [6.45, 7) is 4.78. The van der Waals surface area contributed by atoms with Crippen molar-refractivity contribution in [1.29, 1.82) is 0 Å². The van der Waals surface area contributed by atoms with Crippen LogP contribution in [0.3, 0.4) is 0 Å². The van der Waals surface area contributed by atoms with Gasteiger partial charge >= 0.3 is 0 Å². The molecule has 4 nitrogen and oxygen atoms in total. The van der Waals surface area contributed by atoms with Crippen molar-refractivity contribution < 1.29 is 0 Å². The van der Waals surface area contributed by atoms with Crippen LogP contribution >= 0.6 is 15.9 Å². The number of rotatable bonds is 3. The maximum absolute atomic E-state index is 4.49. The minimum absolute atomic E-state index is 0.724. The van der Waals surface area contributed by atoms with Gasteiger partial charge in [0, 0.05) is 18.8 Å². The summed E-state index contributed by atoms with van der Waals surface area (Å²) in [5.74, 6) is 0.899. The standard InChI is InChI=1S/C12H15BrN4/c1-8-11(13)9(2)17(16-8)7-10-5-4-6-15-12(10)14-3/h4-6H,7H2,1-3H3,(H,14,15). The fraction of sp³-hybridized carbons (Fsp3) is 0.333. The van der Waals surface area contributed by atoms with Gasteiger partial charge in [-0.05, 0) is 35.8 Å². The molecule has 0 spiro atoms. The number of aryl methyl sites for hydroxylation is 1. The fourth-order valence-corrected chi connectivity index (χ4v) is 2.07. The summed E-state index contributed by atoms with van der Waals surface area (Å²) < 4.78 is 3.06. The van der Waals surface area contributed by atoms with Crippen LogP contribution in [-0.2, 0) is 6.54 Å². The minimum Gasteiger partial charge on any atom is -0.373 e. The summed E-state index contributed by atoms with van der Waals surface area (Å²) in [5, 5.41) is 7.59. The lowest BCUT2D eigenvalue weighted by molar-refractivity contribution is 0.658. The smallest absolute Gasteiger partial charge is 0.130 e. The first-order valence-corrected chi connectivity index (χ1v) is 6.24. The monoisotopic (exact) mass is 294 g/mol. The average molecular weight is 295 g/mol. The number of pyridine rings is 1. The molecule has 0 amide bonds. The van der Waals surface area contributed by atoms with Gasteiger partial charge in [0.2, 0.25) is 0 Å². The van der Waals surface area contributed by atoms with Gasteiger partial charge in [-0.2, -0.15) is 5.10 Å². The molecule has 0 radical (unpaired) electrons. The van der Waals surface area contributed by atoms with Crippen LogP contribution in [0.4, 0.5) is 5.82 Å². The van der Waals surface area contributed by atoms with Crippen molar-refractivity contribution in [1.82, 2.24) is 14.8 Å². The summed E-state index contributed by atoms with van der Waals surface area (Å²) in [7, 11) is 1.88. The molecule has 0 aliphatic carbocycles. The minimum atomic E-state index is 0.724. The highest BCUT2D eigenvalue weighted by atomic mass is 79.9. The van der Waals surface area contributed by atoms with Gasteiger partial charge in [-0.1, -0.05) is 6.07 Å². The van der Waals surface area contributed by atoms with E-state index in [-0.39, 0.29) is 0 Å². The zero-order valence-electron chi connectivity index (χ0n) is 10.2. The number of nitrogens with one attached hydrogen (secondary N) is 1. The van der Waals surface area contributed by atoms with Crippen LogP contribution in [-0.4, -0.2) is 21.8 Å². The summed E-state index contributed by atoms with van der Waals surface area (Å²) >= 11 is 3.53. The second-order valence-electron chi connectivity index (χ2n) is 3.90. The number of anilines is 1. The summed E-state index contributed by atoms with van der Waals surface area (Å²) in [6.07, 6.45) is 1.78. The molecular formula is C12H15BrN4. The van der Waals surface area contributed by atoms with E-state index in [2.05, 4.69) is 44.3 Å². The van der Waals surface area contributed by atoms with Crippen molar-refractivity contribution in [2.24, 2.45) is 0 Å². The Kier molecular flexibility index (Phi) is 3.47. The van der Waals surface area contributed by atoms with Gasteiger partial charge in [0.15, 0.2) is 0 Å². The first-order valence-electron chi connectivity index (χ1n) is 5.44. The van der Waals surface area contributed by atoms with Crippen molar-refractivity contribution in [3.05, 3.63) is 39.8 Å². The van der Waals surface area contributed by atoms with Crippen molar-refractivity contribution in [2.45, 2.75) is 20.4 Å². The van der Waals surface area contributed by atoms with Gasteiger partial charge in [-0.25, -0.2) is 4.98 Å². The van der Waals surface area contributed by atoms with E-state index in [0.717, 1.165) is 33.8 Å². The molecule has 0 saturated heterocycles. The molecule has 90 valence electrons. The largest absolute Gasteiger partial charge is 0.373 e. The van der Waals surface area contributed by atoms with Gasteiger partial charge < -0.3 is 5.32 Å². The highest BCUT2D eigenvalue weighted by Gasteiger charge is 2.10. The zero-order valence-corrected chi connectivity index (χ0v) is 11.7. The highest BCUT2D eigenvalue weighted by Crippen LogP contribution is 2.21. The number of halogens is 1. The van der Waals surface area contributed by atoms with Crippen LogP contribution < -0.4 is 5.32 Å². The third kappa shape index (κ3) is 2.34. The summed E-state index contributed by atoms with van der Waals surface area (Å²) in [4.78, 5) is 4.29. The quantitative estimate of drug-likeness (QED) is 0.946. The Bertz CT molecular complexity index is 533. The highest BCUT2D eigenvalue weighted by molar-refractivity contribution is 9.10. The zero-order chi connectivity index (χ0) is 12.4. The van der Waals surface area contributed by atoms with E-state index < -0.39 is 0 Å². The molecule has 0 fully saturated rings. The molecule has 17 heavy (non-hydrogen) atoms. The SMILES string of the molecule is CNc1ncccc1Cn1nc(C)c(Br)c1C. The Morgan fingerprint density at radius 2 is 2.18 bits per heavy atom. The Labute approximate surface area is 109 Å². The molecule has 0 saturated carbocycles. The van der Waals surface area contributed by atoms with Gasteiger partial charge in [0.1, 0.15) is 5.82 Å². The van der Waals surface area contributed by atoms with Crippen LogP contribution in [0.25, 0.3) is 0 Å². The third-order valence-corrected chi connectivity index (χ3v) is 3.89. The predicted octanol–water partition coefficient (Wildman–Crippen LogP) is 2.75. The van der Waals surface area contributed by atoms with Crippen molar-refractivity contribution in [3.8, 4) is 0 Å². The number of nitrogens with zero attached hydrogens (tertiary/aromatic N) is 3. The lowest BCUT2D eigenvalue weighted by Gasteiger charge is -2.09. The van der Waals surface area contributed by atoms with E-state index in [1.54, 1.807) is 6.20 Å². The molecule has 0 bridgehead atoms. The lowest BCUT2D eigenvalue weighted by atomic mass is 10.2. The number of aromatic nitrogens is 3. The van der Waals surface area contributed by atoms with E-state index in [9.17, 15) is 0 Å². The third-order valence-electron chi connectivity index (χ3n) is 2.74. The van der Waals surface area contributed by atoms with Crippen LogP contribution in [0.15, 0.2) is 22.8 Å². The molecule has 0 aromatic carbocycles. The van der Waals surface area contributed by atoms with Gasteiger partial charge in [-0.3, -0.25) is 4.68 Å². The molecule has 2 heterocycles. The molecule has 0 aliphatic rings. The maximum atomic E-state index is 4.49. The van der Waals surface area contributed by atoms with E-state index in [0.29, 0.717) is 0 Å². The Morgan fingerprint density at radius 3 is 2.76 bits per heavy atom. The summed E-state index contributed by atoms with van der Waals surface area (Å²) in [6, 6.07) is 4.00.